The van der Waals surface area contributed by atoms with E-state index in [0.717, 1.165) is 26.1 Å². The number of likely N-dealkylation sites (N-methyl/N-ethyl adjacent to an activating group) is 1. The van der Waals surface area contributed by atoms with E-state index in [2.05, 4.69) is 11.9 Å². The molecule has 3 fully saturated rings. The maximum Gasteiger partial charge on any atom is 0.223 e. The van der Waals surface area contributed by atoms with Crippen LogP contribution >= 0.6 is 0 Å². The number of benzene rings is 1. The number of nitrogens with zero attached hydrogens (tertiary/aromatic N) is 2. The van der Waals surface area contributed by atoms with Crippen molar-refractivity contribution in [2.75, 3.05) is 26.7 Å². The third-order valence-corrected chi connectivity index (χ3v) is 4.88. The van der Waals surface area contributed by atoms with Crippen LogP contribution in [0.15, 0.2) is 30.3 Å². The topological polar surface area (TPSA) is 40.6 Å². The van der Waals surface area contributed by atoms with Crippen molar-refractivity contribution < 1.29 is 9.59 Å². The van der Waals surface area contributed by atoms with Crippen molar-refractivity contribution in [3.05, 3.63) is 35.9 Å². The minimum absolute atomic E-state index is 0.0612. The van der Waals surface area contributed by atoms with Gasteiger partial charge in [-0.15, -0.1) is 0 Å². The highest BCUT2D eigenvalue weighted by Gasteiger charge is 2.35. The summed E-state index contributed by atoms with van der Waals surface area (Å²) in [7, 11) is 2.14. The molecule has 0 aliphatic carbocycles. The molecule has 1 amide bonds. The van der Waals surface area contributed by atoms with Gasteiger partial charge in [0.1, 0.15) is 0 Å². The first-order chi connectivity index (χ1) is 10.6. The van der Waals surface area contributed by atoms with Gasteiger partial charge in [-0.3, -0.25) is 9.59 Å². The van der Waals surface area contributed by atoms with Crippen LogP contribution in [-0.4, -0.2) is 54.2 Å². The number of fused-ring (bicyclic) bond motifs is 4. The van der Waals surface area contributed by atoms with E-state index in [1.165, 1.54) is 6.42 Å². The molecule has 4 nitrogen and oxygen atoms in total. The minimum atomic E-state index is 0.0612. The maximum atomic E-state index is 12.5. The lowest BCUT2D eigenvalue weighted by Gasteiger charge is -2.36. The molecule has 2 bridgehead atoms. The van der Waals surface area contributed by atoms with Crippen LogP contribution in [0.4, 0.5) is 0 Å². The minimum Gasteiger partial charge on any atom is -0.338 e. The second kappa shape index (κ2) is 6.61. The summed E-state index contributed by atoms with van der Waals surface area (Å²) in [5.41, 5.74) is 0.701. The maximum absolute atomic E-state index is 12.5. The van der Waals surface area contributed by atoms with E-state index in [1.54, 1.807) is 0 Å². The first-order valence-electron chi connectivity index (χ1n) is 8.19. The molecule has 0 radical (unpaired) electrons. The Hall–Kier alpha value is -1.68. The number of amides is 1. The number of ketones is 1. The SMILES string of the molecule is CN1C[C@@H]2CC[C@H](C1)N(C(=O)CCC(=O)c1ccccc1)C2. The molecule has 0 spiro atoms. The Morgan fingerprint density at radius 3 is 2.59 bits per heavy atom. The van der Waals surface area contributed by atoms with Gasteiger partial charge in [0.15, 0.2) is 5.78 Å². The summed E-state index contributed by atoms with van der Waals surface area (Å²) in [6.07, 6.45) is 2.97. The Labute approximate surface area is 132 Å². The fraction of sp³-hybridized carbons (Fsp3) is 0.556. The highest BCUT2D eigenvalue weighted by molar-refractivity contribution is 5.97. The molecule has 1 aromatic carbocycles. The molecule has 22 heavy (non-hydrogen) atoms. The van der Waals surface area contributed by atoms with Gasteiger partial charge in [-0.05, 0) is 25.8 Å². The molecular formula is C18H24N2O2. The zero-order valence-corrected chi connectivity index (χ0v) is 13.2. The molecule has 2 atom stereocenters. The molecule has 0 saturated carbocycles. The summed E-state index contributed by atoms with van der Waals surface area (Å²) < 4.78 is 0. The first kappa shape index (κ1) is 15.2. The zero-order valence-electron chi connectivity index (χ0n) is 13.2. The highest BCUT2D eigenvalue weighted by atomic mass is 16.2. The average Bonchev–Trinajstić information content (AvgIpc) is 2.81. The predicted octanol–water partition coefficient (Wildman–Crippen LogP) is 2.20. The zero-order chi connectivity index (χ0) is 15.5. The van der Waals surface area contributed by atoms with E-state index in [0.29, 0.717) is 30.4 Å². The van der Waals surface area contributed by atoms with Gasteiger partial charge in [0, 0.05) is 44.1 Å². The standard InChI is InChI=1S/C18H24N2O2/c1-19-11-14-7-8-16(13-19)20(12-14)18(22)10-9-17(21)15-5-3-2-4-6-15/h2-6,14,16H,7-13H2,1H3/t14-,16+/m0/s1. The van der Waals surface area contributed by atoms with Crippen molar-refractivity contribution in [1.82, 2.24) is 9.80 Å². The van der Waals surface area contributed by atoms with Crippen LogP contribution in [-0.2, 0) is 4.79 Å². The molecule has 1 aromatic rings. The van der Waals surface area contributed by atoms with Crippen molar-refractivity contribution in [3.8, 4) is 0 Å². The number of carbonyl (C=O) groups excluding carboxylic acids is 2. The Bertz CT molecular complexity index is 543. The summed E-state index contributed by atoms with van der Waals surface area (Å²) in [6.45, 7) is 2.92. The van der Waals surface area contributed by atoms with Gasteiger partial charge in [-0.25, -0.2) is 0 Å². The van der Waals surface area contributed by atoms with Crippen LogP contribution in [0, 0.1) is 5.92 Å². The van der Waals surface area contributed by atoms with E-state index < -0.39 is 0 Å². The normalized spacial score (nSPS) is 25.0. The van der Waals surface area contributed by atoms with Gasteiger partial charge in [-0.2, -0.15) is 0 Å². The Morgan fingerprint density at radius 2 is 1.82 bits per heavy atom. The van der Waals surface area contributed by atoms with E-state index >= 15 is 0 Å². The molecule has 3 heterocycles. The smallest absolute Gasteiger partial charge is 0.223 e. The van der Waals surface area contributed by atoms with Crippen LogP contribution in [0.2, 0.25) is 0 Å². The number of piperidine rings is 1. The van der Waals surface area contributed by atoms with Crippen molar-refractivity contribution in [2.45, 2.75) is 31.7 Å². The Morgan fingerprint density at radius 1 is 1.05 bits per heavy atom. The number of rotatable bonds is 4. The molecule has 0 aromatic heterocycles. The predicted molar refractivity (Wildman–Crippen MR) is 85.7 cm³/mol. The third kappa shape index (κ3) is 3.38. The summed E-state index contributed by atoms with van der Waals surface area (Å²) >= 11 is 0. The van der Waals surface area contributed by atoms with E-state index in [-0.39, 0.29) is 11.7 Å². The molecule has 0 unspecified atom stereocenters. The summed E-state index contributed by atoms with van der Waals surface area (Å²) in [4.78, 5) is 29.0. The number of carbonyl (C=O) groups is 2. The lowest BCUT2D eigenvalue weighted by molar-refractivity contribution is -0.135. The van der Waals surface area contributed by atoms with E-state index in [1.807, 2.05) is 35.2 Å². The van der Waals surface area contributed by atoms with Crippen LogP contribution in [0.3, 0.4) is 0 Å². The largest absolute Gasteiger partial charge is 0.338 e. The van der Waals surface area contributed by atoms with Gasteiger partial charge in [-0.1, -0.05) is 30.3 Å². The fourth-order valence-electron chi connectivity index (χ4n) is 3.75. The second-order valence-electron chi connectivity index (χ2n) is 6.65. The lowest BCUT2D eigenvalue weighted by Crippen LogP contribution is -2.47. The summed E-state index contributed by atoms with van der Waals surface area (Å²) in [6, 6.07) is 9.58. The monoisotopic (exact) mass is 300 g/mol. The van der Waals surface area contributed by atoms with Gasteiger partial charge < -0.3 is 9.80 Å². The second-order valence-corrected chi connectivity index (χ2v) is 6.65. The number of hydrogen-bond donors (Lipinski definition) is 0. The van der Waals surface area contributed by atoms with Gasteiger partial charge >= 0.3 is 0 Å². The van der Waals surface area contributed by atoms with Crippen molar-refractivity contribution in [3.63, 3.8) is 0 Å². The quantitative estimate of drug-likeness (QED) is 0.801. The highest BCUT2D eigenvalue weighted by Crippen LogP contribution is 2.28. The van der Waals surface area contributed by atoms with Gasteiger partial charge in [0.25, 0.3) is 0 Å². The Kier molecular flexibility index (Phi) is 4.57. The summed E-state index contributed by atoms with van der Waals surface area (Å²) in [5, 5.41) is 0. The Balaban J connectivity index is 1.57. The molecule has 3 saturated heterocycles. The molecule has 118 valence electrons. The fourth-order valence-corrected chi connectivity index (χ4v) is 3.75. The lowest BCUT2D eigenvalue weighted by atomic mass is 9.94. The molecule has 3 aliphatic rings. The van der Waals surface area contributed by atoms with E-state index in [4.69, 9.17) is 0 Å². The van der Waals surface area contributed by atoms with Crippen LogP contribution < -0.4 is 0 Å². The van der Waals surface area contributed by atoms with E-state index in [9.17, 15) is 9.59 Å². The van der Waals surface area contributed by atoms with Crippen molar-refractivity contribution >= 4 is 11.7 Å². The summed E-state index contributed by atoms with van der Waals surface area (Å²) in [5.74, 6) is 0.804. The van der Waals surface area contributed by atoms with Crippen LogP contribution in [0.1, 0.15) is 36.0 Å². The first-order valence-corrected chi connectivity index (χ1v) is 8.19. The van der Waals surface area contributed by atoms with Crippen molar-refractivity contribution in [1.29, 1.82) is 0 Å². The number of Topliss-reactive ketones (excluding diaryl/α,β-unsaturated/α-hetero) is 1. The molecule has 4 heteroatoms. The molecule has 0 N–H and O–H groups in total. The molecule has 4 rings (SSSR count). The number of hydrogen-bond acceptors (Lipinski definition) is 3. The van der Waals surface area contributed by atoms with Crippen LogP contribution in [0.25, 0.3) is 0 Å². The molecular weight excluding hydrogens is 276 g/mol. The van der Waals surface area contributed by atoms with Crippen LogP contribution in [0.5, 0.6) is 0 Å². The van der Waals surface area contributed by atoms with Gasteiger partial charge in [0.2, 0.25) is 5.91 Å². The van der Waals surface area contributed by atoms with Crippen molar-refractivity contribution in [2.24, 2.45) is 5.92 Å². The van der Waals surface area contributed by atoms with Gasteiger partial charge in [0.05, 0.1) is 0 Å². The average molecular weight is 300 g/mol. The molecule has 3 aliphatic heterocycles. The third-order valence-electron chi connectivity index (χ3n) is 4.88.